The molecule has 0 fully saturated rings. The fourth-order valence-corrected chi connectivity index (χ4v) is 1.36. The van der Waals surface area contributed by atoms with Gasteiger partial charge >= 0.3 is 0 Å². The molecule has 2 heterocycles. The summed E-state index contributed by atoms with van der Waals surface area (Å²) >= 11 is 0. The second-order valence-electron chi connectivity index (χ2n) is 3.27. The van der Waals surface area contributed by atoms with Gasteiger partial charge in [-0.2, -0.15) is 0 Å². The van der Waals surface area contributed by atoms with E-state index in [0.29, 0.717) is 5.78 Å². The quantitative estimate of drug-likeness (QED) is 0.703. The van der Waals surface area contributed by atoms with Crippen LogP contribution in [-0.4, -0.2) is 26.1 Å². The van der Waals surface area contributed by atoms with Gasteiger partial charge in [0.05, 0.1) is 24.5 Å². The number of aliphatic hydroxyl groups is 1. The zero-order valence-electron chi connectivity index (χ0n) is 7.88. The molecule has 2 rings (SSSR count). The third kappa shape index (κ3) is 1.36. The van der Waals surface area contributed by atoms with Crippen LogP contribution in [0, 0.1) is 6.92 Å². The van der Waals surface area contributed by atoms with Gasteiger partial charge in [-0.05, 0) is 12.5 Å². The zero-order chi connectivity index (χ0) is 10.1. The second-order valence-corrected chi connectivity index (χ2v) is 3.27. The molecule has 1 unspecified atom stereocenters. The first-order valence-corrected chi connectivity index (χ1v) is 4.38. The maximum Gasteiger partial charge on any atom is 0.233 e. The van der Waals surface area contributed by atoms with Gasteiger partial charge in [0, 0.05) is 12.4 Å². The van der Waals surface area contributed by atoms with E-state index in [4.69, 9.17) is 10.8 Å². The van der Waals surface area contributed by atoms with Crippen LogP contribution in [0.4, 0.5) is 0 Å². The monoisotopic (exact) mass is 192 g/mol. The molecular weight excluding hydrogens is 180 g/mol. The number of nitrogens with two attached hydrogens (primary N) is 1. The Morgan fingerprint density at radius 2 is 2.21 bits per heavy atom. The van der Waals surface area contributed by atoms with Crippen molar-refractivity contribution in [2.45, 2.75) is 13.0 Å². The van der Waals surface area contributed by atoms with Crippen LogP contribution in [-0.2, 0) is 0 Å². The third-order valence-corrected chi connectivity index (χ3v) is 2.10. The van der Waals surface area contributed by atoms with Crippen molar-refractivity contribution < 1.29 is 5.11 Å². The van der Waals surface area contributed by atoms with Gasteiger partial charge in [0.1, 0.15) is 0 Å². The van der Waals surface area contributed by atoms with Crippen molar-refractivity contribution in [2.24, 2.45) is 5.73 Å². The number of aliphatic hydroxyl groups excluding tert-OH is 1. The van der Waals surface area contributed by atoms with E-state index in [9.17, 15) is 0 Å². The highest BCUT2D eigenvalue weighted by Crippen LogP contribution is 2.11. The number of hydrogen-bond acceptors (Lipinski definition) is 4. The van der Waals surface area contributed by atoms with E-state index < -0.39 is 6.04 Å². The molecule has 0 bridgehead atoms. The molecule has 3 N–H and O–H groups in total. The van der Waals surface area contributed by atoms with E-state index in [1.54, 1.807) is 16.8 Å². The summed E-state index contributed by atoms with van der Waals surface area (Å²) in [5.41, 5.74) is 7.52. The molecule has 2 aromatic rings. The Bertz CT molecular complexity index is 451. The Hall–Kier alpha value is -1.46. The van der Waals surface area contributed by atoms with Crippen molar-refractivity contribution >= 4 is 5.78 Å². The van der Waals surface area contributed by atoms with Crippen molar-refractivity contribution in [1.29, 1.82) is 0 Å². The second kappa shape index (κ2) is 3.36. The summed E-state index contributed by atoms with van der Waals surface area (Å²) in [5.74, 6) is 0.606. The van der Waals surface area contributed by atoms with Crippen molar-refractivity contribution in [3.63, 3.8) is 0 Å². The van der Waals surface area contributed by atoms with Crippen LogP contribution in [0.1, 0.15) is 17.3 Å². The third-order valence-electron chi connectivity index (χ3n) is 2.10. The highest BCUT2D eigenvalue weighted by molar-refractivity contribution is 5.33. The maximum atomic E-state index is 8.95. The number of rotatable bonds is 2. The molecule has 2 aromatic heterocycles. The summed E-state index contributed by atoms with van der Waals surface area (Å²) in [7, 11) is 0. The van der Waals surface area contributed by atoms with Gasteiger partial charge in [0.2, 0.25) is 5.78 Å². The van der Waals surface area contributed by atoms with Crippen LogP contribution in [0.25, 0.3) is 5.78 Å². The molecule has 74 valence electrons. The number of aromatic nitrogens is 3. The van der Waals surface area contributed by atoms with Crippen LogP contribution in [0.5, 0.6) is 0 Å². The minimum Gasteiger partial charge on any atom is -0.394 e. The Kier molecular flexibility index (Phi) is 2.18. The van der Waals surface area contributed by atoms with E-state index >= 15 is 0 Å². The molecule has 5 nitrogen and oxygen atoms in total. The highest BCUT2D eigenvalue weighted by atomic mass is 16.3. The molecular formula is C9H12N4O. The lowest BCUT2D eigenvalue weighted by Gasteiger charge is -2.07. The van der Waals surface area contributed by atoms with Crippen LogP contribution >= 0.6 is 0 Å². The summed E-state index contributed by atoms with van der Waals surface area (Å²) < 4.78 is 1.80. The number of fused-ring (bicyclic) bond motifs is 1. The molecule has 0 aliphatic carbocycles. The number of nitrogens with zero attached hydrogens (tertiary/aromatic N) is 3. The van der Waals surface area contributed by atoms with E-state index in [-0.39, 0.29) is 6.61 Å². The number of imidazole rings is 1. The van der Waals surface area contributed by atoms with Crippen molar-refractivity contribution in [3.8, 4) is 0 Å². The van der Waals surface area contributed by atoms with Crippen LogP contribution in [0.3, 0.4) is 0 Å². The average molecular weight is 192 g/mol. The summed E-state index contributed by atoms with van der Waals surface area (Å²) in [4.78, 5) is 8.22. The Labute approximate surface area is 81.2 Å². The molecule has 0 aliphatic heterocycles. The fraction of sp³-hybridized carbons (Fsp3) is 0.333. The summed E-state index contributed by atoms with van der Waals surface area (Å²) in [6.45, 7) is 1.85. The van der Waals surface area contributed by atoms with Crippen molar-refractivity contribution in [2.75, 3.05) is 6.61 Å². The minimum atomic E-state index is -0.409. The van der Waals surface area contributed by atoms with Gasteiger partial charge in [0.15, 0.2) is 0 Å². The average Bonchev–Trinajstić information content (AvgIpc) is 2.59. The van der Waals surface area contributed by atoms with Gasteiger partial charge in [-0.1, -0.05) is 0 Å². The summed E-state index contributed by atoms with van der Waals surface area (Å²) in [6.07, 6.45) is 5.29. The SMILES string of the molecule is Cc1cnc2ncc(C(N)CO)n2c1. The van der Waals surface area contributed by atoms with E-state index in [1.165, 1.54) is 0 Å². The predicted molar refractivity (Wildman–Crippen MR) is 51.7 cm³/mol. The molecule has 1 atom stereocenters. The summed E-state index contributed by atoms with van der Waals surface area (Å²) in [6, 6.07) is -0.409. The topological polar surface area (TPSA) is 76.4 Å². The minimum absolute atomic E-state index is 0.0955. The lowest BCUT2D eigenvalue weighted by molar-refractivity contribution is 0.265. The van der Waals surface area contributed by atoms with Gasteiger partial charge in [-0.15, -0.1) is 0 Å². The maximum absolute atomic E-state index is 8.95. The van der Waals surface area contributed by atoms with Crippen molar-refractivity contribution in [3.05, 3.63) is 29.8 Å². The van der Waals surface area contributed by atoms with E-state index in [2.05, 4.69) is 9.97 Å². The van der Waals surface area contributed by atoms with Crippen LogP contribution in [0.15, 0.2) is 18.6 Å². The van der Waals surface area contributed by atoms with Gasteiger partial charge in [-0.3, -0.25) is 4.40 Å². The standard InChI is InChI=1S/C9H12N4O/c1-6-2-11-9-12-3-8(7(10)5-14)13(9)4-6/h2-4,7,14H,5,10H2,1H3. The predicted octanol–water partition coefficient (Wildman–Crippen LogP) is 0.0298. The largest absolute Gasteiger partial charge is 0.394 e. The fourth-order valence-electron chi connectivity index (χ4n) is 1.36. The zero-order valence-corrected chi connectivity index (χ0v) is 7.88. The number of hydrogen-bond donors (Lipinski definition) is 2. The molecule has 0 spiro atoms. The van der Waals surface area contributed by atoms with Gasteiger partial charge < -0.3 is 10.8 Å². The van der Waals surface area contributed by atoms with E-state index in [1.807, 2.05) is 13.1 Å². The first-order valence-electron chi connectivity index (χ1n) is 4.38. The van der Waals surface area contributed by atoms with Gasteiger partial charge in [0.25, 0.3) is 0 Å². The molecule has 0 amide bonds. The molecule has 14 heavy (non-hydrogen) atoms. The summed E-state index contributed by atoms with van der Waals surface area (Å²) in [5, 5.41) is 8.95. The Morgan fingerprint density at radius 1 is 1.50 bits per heavy atom. The normalized spacial score (nSPS) is 13.4. The first-order chi connectivity index (χ1) is 6.72. The lowest BCUT2D eigenvalue weighted by Crippen LogP contribution is -2.16. The smallest absolute Gasteiger partial charge is 0.233 e. The first kappa shape index (κ1) is 9.11. The van der Waals surface area contributed by atoms with Crippen LogP contribution < -0.4 is 5.73 Å². The molecule has 0 aliphatic rings. The van der Waals surface area contributed by atoms with Crippen LogP contribution in [0.2, 0.25) is 0 Å². The lowest BCUT2D eigenvalue weighted by atomic mass is 10.2. The van der Waals surface area contributed by atoms with Gasteiger partial charge in [-0.25, -0.2) is 9.97 Å². The molecule has 0 saturated carbocycles. The molecule has 0 aromatic carbocycles. The molecule has 5 heteroatoms. The van der Waals surface area contributed by atoms with Crippen molar-refractivity contribution in [1.82, 2.24) is 14.4 Å². The highest BCUT2D eigenvalue weighted by Gasteiger charge is 2.10. The number of aryl methyl sites for hydroxylation is 1. The Balaban J connectivity index is 2.61. The molecule has 0 saturated heterocycles. The molecule has 0 radical (unpaired) electrons. The van der Waals surface area contributed by atoms with E-state index in [0.717, 1.165) is 11.3 Å². The Morgan fingerprint density at radius 3 is 2.93 bits per heavy atom.